The highest BCUT2D eigenvalue weighted by molar-refractivity contribution is 5.81. The molecular formula is C24H23F7N2O. The van der Waals surface area contributed by atoms with E-state index in [0.717, 1.165) is 5.56 Å². The Labute approximate surface area is 191 Å². The molecule has 184 valence electrons. The van der Waals surface area contributed by atoms with Gasteiger partial charge in [-0.3, -0.25) is 4.79 Å². The fourth-order valence-electron chi connectivity index (χ4n) is 4.51. The monoisotopic (exact) mass is 488 g/mol. The molecule has 2 unspecified atom stereocenters. The molecule has 0 spiro atoms. The van der Waals surface area contributed by atoms with Crippen LogP contribution < -0.4 is 5.32 Å². The highest BCUT2D eigenvalue weighted by Crippen LogP contribution is 2.39. The molecule has 1 aliphatic carbocycles. The van der Waals surface area contributed by atoms with Crippen molar-refractivity contribution in [2.24, 2.45) is 5.92 Å². The van der Waals surface area contributed by atoms with E-state index in [1.54, 1.807) is 12.1 Å². The predicted molar refractivity (Wildman–Crippen MR) is 110 cm³/mol. The summed E-state index contributed by atoms with van der Waals surface area (Å²) in [5.74, 6) is -1.51. The van der Waals surface area contributed by atoms with Crippen molar-refractivity contribution < 1.29 is 35.5 Å². The number of benzene rings is 2. The van der Waals surface area contributed by atoms with Crippen LogP contribution in [0.5, 0.6) is 0 Å². The van der Waals surface area contributed by atoms with Crippen molar-refractivity contribution in [2.75, 3.05) is 13.1 Å². The molecule has 2 fully saturated rings. The van der Waals surface area contributed by atoms with Crippen LogP contribution in [0.15, 0.2) is 42.5 Å². The molecule has 1 heterocycles. The van der Waals surface area contributed by atoms with E-state index in [2.05, 4.69) is 5.32 Å². The normalized spacial score (nSPS) is 21.4. The molecule has 1 aliphatic heterocycles. The summed E-state index contributed by atoms with van der Waals surface area (Å²) >= 11 is 0. The zero-order chi connectivity index (χ0) is 24.7. The molecule has 0 aromatic heterocycles. The molecule has 0 radical (unpaired) electrons. The first-order valence-corrected chi connectivity index (χ1v) is 11.0. The van der Waals surface area contributed by atoms with Crippen molar-refractivity contribution in [3.05, 3.63) is 70.5 Å². The van der Waals surface area contributed by atoms with E-state index in [0.29, 0.717) is 44.5 Å². The van der Waals surface area contributed by atoms with E-state index < -0.39 is 35.2 Å². The van der Waals surface area contributed by atoms with Gasteiger partial charge in [0.2, 0.25) is 5.91 Å². The van der Waals surface area contributed by atoms with Gasteiger partial charge in [0.25, 0.3) is 0 Å². The number of nitrogens with one attached hydrogen (secondary N) is 1. The Morgan fingerprint density at radius 2 is 1.50 bits per heavy atom. The second kappa shape index (κ2) is 9.20. The molecular weight excluding hydrogens is 465 g/mol. The van der Waals surface area contributed by atoms with Crippen molar-refractivity contribution in [1.29, 1.82) is 0 Å². The molecule has 2 aromatic rings. The quantitative estimate of drug-likeness (QED) is 0.544. The maximum atomic E-state index is 13.6. The van der Waals surface area contributed by atoms with Crippen LogP contribution in [0.1, 0.15) is 47.4 Å². The third-order valence-corrected chi connectivity index (χ3v) is 6.37. The molecule has 1 N–H and O–H groups in total. The zero-order valence-corrected chi connectivity index (χ0v) is 18.0. The van der Waals surface area contributed by atoms with Gasteiger partial charge in [-0.2, -0.15) is 26.3 Å². The minimum atomic E-state index is -4.95. The molecule has 1 saturated carbocycles. The highest BCUT2D eigenvalue weighted by atomic mass is 19.4. The number of hydrogen-bond acceptors (Lipinski definition) is 2. The van der Waals surface area contributed by atoms with Gasteiger partial charge in [-0.25, -0.2) is 4.39 Å². The Bertz CT molecular complexity index is 997. The number of halogens is 7. The summed E-state index contributed by atoms with van der Waals surface area (Å²) in [5, 5.41) is 3.20. The second-order valence-corrected chi connectivity index (χ2v) is 8.87. The van der Waals surface area contributed by atoms with Crippen LogP contribution in [0.2, 0.25) is 0 Å². The smallest absolute Gasteiger partial charge is 0.335 e. The molecule has 4 rings (SSSR count). The van der Waals surface area contributed by atoms with Gasteiger partial charge in [0.05, 0.1) is 11.1 Å². The van der Waals surface area contributed by atoms with Crippen LogP contribution in [0.25, 0.3) is 0 Å². The zero-order valence-electron chi connectivity index (χ0n) is 18.0. The van der Waals surface area contributed by atoms with Crippen molar-refractivity contribution in [3.63, 3.8) is 0 Å². The van der Waals surface area contributed by atoms with E-state index in [4.69, 9.17) is 0 Å². The Hall–Kier alpha value is -2.62. The number of hydrogen-bond donors (Lipinski definition) is 1. The molecule has 2 aliphatic rings. The number of carbonyl (C=O) groups is 1. The second-order valence-electron chi connectivity index (χ2n) is 8.87. The maximum Gasteiger partial charge on any atom is 0.416 e. The number of piperidine rings is 1. The van der Waals surface area contributed by atoms with Gasteiger partial charge >= 0.3 is 12.4 Å². The standard InChI is InChI=1S/C24H23F7N2O/c25-18-3-1-15(2-4-18)21-12-32-8-7-20(21)22(34)33(19-5-6-19)13-14-9-16(23(26,27)28)11-17(10-14)24(29,30)31/h1-4,9-11,19-21,32H,5-8,12-13H2. The molecule has 2 atom stereocenters. The molecule has 3 nitrogen and oxygen atoms in total. The molecule has 1 amide bonds. The third-order valence-electron chi connectivity index (χ3n) is 6.37. The summed E-state index contributed by atoms with van der Waals surface area (Å²) in [6.07, 6.45) is -8.16. The van der Waals surface area contributed by atoms with E-state index >= 15 is 0 Å². The molecule has 0 bridgehead atoms. The van der Waals surface area contributed by atoms with Gasteiger partial charge < -0.3 is 10.2 Å². The summed E-state index contributed by atoms with van der Waals surface area (Å²) in [5.41, 5.74) is -2.26. The lowest BCUT2D eigenvalue weighted by Crippen LogP contribution is -2.45. The fraction of sp³-hybridized carbons (Fsp3) is 0.458. The number of rotatable bonds is 5. The summed E-state index contributed by atoms with van der Waals surface area (Å²) in [7, 11) is 0. The first-order chi connectivity index (χ1) is 15.9. The lowest BCUT2D eigenvalue weighted by Gasteiger charge is -2.36. The Morgan fingerprint density at radius 1 is 0.912 bits per heavy atom. The first kappa shape index (κ1) is 24.5. The van der Waals surface area contributed by atoms with Gasteiger partial charge in [-0.05, 0) is 67.3 Å². The minimum absolute atomic E-state index is 0.0875. The summed E-state index contributed by atoms with van der Waals surface area (Å²) in [4.78, 5) is 15.0. The number of alkyl halides is 6. The van der Waals surface area contributed by atoms with Gasteiger partial charge in [0.15, 0.2) is 0 Å². The van der Waals surface area contributed by atoms with Crippen LogP contribution in [-0.4, -0.2) is 29.9 Å². The third kappa shape index (κ3) is 5.54. The first-order valence-electron chi connectivity index (χ1n) is 11.0. The van der Waals surface area contributed by atoms with Crippen LogP contribution >= 0.6 is 0 Å². The Kier molecular flexibility index (Phi) is 6.63. The van der Waals surface area contributed by atoms with E-state index in [1.165, 1.54) is 17.0 Å². The van der Waals surface area contributed by atoms with Crippen molar-refractivity contribution in [1.82, 2.24) is 10.2 Å². The topological polar surface area (TPSA) is 32.3 Å². The predicted octanol–water partition coefficient (Wildman–Crippen LogP) is 5.75. The Balaban J connectivity index is 1.63. The van der Waals surface area contributed by atoms with Crippen molar-refractivity contribution >= 4 is 5.91 Å². The van der Waals surface area contributed by atoms with E-state index in [9.17, 15) is 35.5 Å². The van der Waals surface area contributed by atoms with Crippen LogP contribution in [-0.2, 0) is 23.7 Å². The van der Waals surface area contributed by atoms with Gasteiger partial charge in [-0.1, -0.05) is 12.1 Å². The highest BCUT2D eigenvalue weighted by Gasteiger charge is 2.41. The number of carbonyl (C=O) groups excluding carboxylic acids is 1. The largest absolute Gasteiger partial charge is 0.416 e. The number of amides is 1. The summed E-state index contributed by atoms with van der Waals surface area (Å²) in [6, 6.07) is 7.00. The van der Waals surface area contributed by atoms with Crippen LogP contribution in [0, 0.1) is 11.7 Å². The van der Waals surface area contributed by atoms with Crippen molar-refractivity contribution in [3.8, 4) is 0 Å². The molecule has 1 saturated heterocycles. The van der Waals surface area contributed by atoms with E-state index in [-0.39, 0.29) is 36.0 Å². The summed E-state index contributed by atoms with van der Waals surface area (Å²) in [6.45, 7) is 0.674. The number of nitrogens with zero attached hydrogens (tertiary/aromatic N) is 1. The average Bonchev–Trinajstić information content (AvgIpc) is 3.61. The van der Waals surface area contributed by atoms with Crippen LogP contribution in [0.3, 0.4) is 0 Å². The summed E-state index contributed by atoms with van der Waals surface area (Å²) < 4.78 is 93.1. The fourth-order valence-corrected chi connectivity index (χ4v) is 4.51. The van der Waals surface area contributed by atoms with Crippen LogP contribution in [0.4, 0.5) is 30.7 Å². The van der Waals surface area contributed by atoms with Gasteiger partial charge in [0, 0.05) is 31.0 Å². The van der Waals surface area contributed by atoms with Gasteiger partial charge in [-0.15, -0.1) is 0 Å². The lowest BCUT2D eigenvalue weighted by molar-refractivity contribution is -0.143. The molecule has 10 heteroatoms. The van der Waals surface area contributed by atoms with Crippen molar-refractivity contribution in [2.45, 2.75) is 50.1 Å². The maximum absolute atomic E-state index is 13.6. The lowest BCUT2D eigenvalue weighted by atomic mass is 9.80. The minimum Gasteiger partial charge on any atom is -0.335 e. The average molecular weight is 488 g/mol. The Morgan fingerprint density at radius 3 is 2.03 bits per heavy atom. The van der Waals surface area contributed by atoms with E-state index in [1.807, 2.05) is 0 Å². The molecule has 34 heavy (non-hydrogen) atoms. The molecule has 2 aromatic carbocycles. The SMILES string of the molecule is O=C(C1CCNCC1c1ccc(F)cc1)N(Cc1cc(C(F)(F)F)cc(C(F)(F)F)c1)C1CC1. The van der Waals surface area contributed by atoms with Gasteiger partial charge in [0.1, 0.15) is 5.82 Å².